The van der Waals surface area contributed by atoms with E-state index in [0.717, 1.165) is 33.6 Å². The fourth-order valence-electron chi connectivity index (χ4n) is 2.69. The predicted octanol–water partition coefficient (Wildman–Crippen LogP) is 5.49. The van der Waals surface area contributed by atoms with Crippen LogP contribution in [0, 0.1) is 6.92 Å². The van der Waals surface area contributed by atoms with Crippen LogP contribution in [-0.4, -0.2) is 25.3 Å². The van der Waals surface area contributed by atoms with Crippen LogP contribution in [0.2, 0.25) is 10.0 Å². The van der Waals surface area contributed by atoms with Crippen molar-refractivity contribution in [1.29, 1.82) is 0 Å². The first-order chi connectivity index (χ1) is 12.6. The number of rotatable bonds is 7. The highest BCUT2D eigenvalue weighted by Gasteiger charge is 2.09. The fraction of sp³-hybridized carbons (Fsp3) is 0.250. The number of para-hydroxylation sites is 1. The third-order valence-electron chi connectivity index (χ3n) is 3.94. The van der Waals surface area contributed by atoms with Gasteiger partial charge in [0.15, 0.2) is 0 Å². The normalized spacial score (nSPS) is 10.9. The Morgan fingerprint density at radius 3 is 2.65 bits per heavy atom. The Kier molecular flexibility index (Phi) is 6.20. The predicted molar refractivity (Wildman–Crippen MR) is 108 cm³/mol. The largest absolute Gasteiger partial charge is 0.489 e. The standard InChI is InChI=1S/C20H20Cl2N2O2/c1-13-10-18(23-12-14-6-7-16(21)17(22)11-14)15-4-3-5-19(20(15)24-13)26-9-8-25-2/h3-7,10-11H,8-9,12H2,1-2H3,(H,23,24). The van der Waals surface area contributed by atoms with Gasteiger partial charge >= 0.3 is 0 Å². The van der Waals surface area contributed by atoms with Crippen molar-refractivity contribution in [1.82, 2.24) is 4.98 Å². The van der Waals surface area contributed by atoms with Crippen molar-refractivity contribution in [2.24, 2.45) is 0 Å². The van der Waals surface area contributed by atoms with Gasteiger partial charge in [-0.05, 0) is 36.8 Å². The van der Waals surface area contributed by atoms with Gasteiger partial charge in [0.25, 0.3) is 0 Å². The van der Waals surface area contributed by atoms with Gasteiger partial charge in [-0.15, -0.1) is 0 Å². The van der Waals surface area contributed by atoms with Gasteiger partial charge in [-0.1, -0.05) is 41.4 Å². The molecule has 26 heavy (non-hydrogen) atoms. The van der Waals surface area contributed by atoms with Crippen molar-refractivity contribution >= 4 is 39.8 Å². The molecule has 136 valence electrons. The van der Waals surface area contributed by atoms with Gasteiger partial charge in [0, 0.05) is 30.4 Å². The number of hydrogen-bond acceptors (Lipinski definition) is 4. The van der Waals surface area contributed by atoms with Gasteiger partial charge in [-0.2, -0.15) is 0 Å². The third kappa shape index (κ3) is 4.39. The Morgan fingerprint density at radius 1 is 1.04 bits per heavy atom. The molecule has 3 aromatic rings. The number of aryl methyl sites for hydroxylation is 1. The summed E-state index contributed by atoms with van der Waals surface area (Å²) in [5.74, 6) is 0.751. The zero-order valence-electron chi connectivity index (χ0n) is 14.7. The minimum absolute atomic E-state index is 0.483. The van der Waals surface area contributed by atoms with Crippen LogP contribution >= 0.6 is 23.2 Å². The van der Waals surface area contributed by atoms with Gasteiger partial charge < -0.3 is 14.8 Å². The average Bonchev–Trinajstić information content (AvgIpc) is 2.63. The lowest BCUT2D eigenvalue weighted by atomic mass is 10.1. The topological polar surface area (TPSA) is 43.4 Å². The minimum atomic E-state index is 0.483. The number of pyridine rings is 1. The maximum Gasteiger partial charge on any atom is 0.145 e. The molecule has 0 spiro atoms. The number of nitrogens with zero attached hydrogens (tertiary/aromatic N) is 1. The van der Waals surface area contributed by atoms with Crippen LogP contribution in [0.4, 0.5) is 5.69 Å². The van der Waals surface area contributed by atoms with Crippen LogP contribution in [0.25, 0.3) is 10.9 Å². The third-order valence-corrected chi connectivity index (χ3v) is 4.68. The molecular formula is C20H20Cl2N2O2. The van der Waals surface area contributed by atoms with Crippen LogP contribution in [0.3, 0.4) is 0 Å². The summed E-state index contributed by atoms with van der Waals surface area (Å²) >= 11 is 12.1. The molecule has 0 unspecified atom stereocenters. The Bertz CT molecular complexity index is 916. The second kappa shape index (κ2) is 8.58. The number of hydrogen-bond donors (Lipinski definition) is 1. The van der Waals surface area contributed by atoms with Crippen LogP contribution in [0.15, 0.2) is 42.5 Å². The molecular weight excluding hydrogens is 371 g/mol. The summed E-state index contributed by atoms with van der Waals surface area (Å²) in [6.07, 6.45) is 0. The van der Waals surface area contributed by atoms with Crippen LogP contribution in [0.5, 0.6) is 5.75 Å². The molecule has 6 heteroatoms. The first-order valence-electron chi connectivity index (χ1n) is 8.28. The maximum atomic E-state index is 6.10. The Morgan fingerprint density at radius 2 is 1.88 bits per heavy atom. The van der Waals surface area contributed by atoms with Gasteiger partial charge in [0.1, 0.15) is 17.9 Å². The number of fused-ring (bicyclic) bond motifs is 1. The van der Waals surface area contributed by atoms with Crippen LogP contribution in [-0.2, 0) is 11.3 Å². The summed E-state index contributed by atoms with van der Waals surface area (Å²) in [6, 6.07) is 13.6. The summed E-state index contributed by atoms with van der Waals surface area (Å²) < 4.78 is 10.9. The zero-order chi connectivity index (χ0) is 18.5. The van der Waals surface area contributed by atoms with E-state index >= 15 is 0 Å². The monoisotopic (exact) mass is 390 g/mol. The SMILES string of the molecule is COCCOc1cccc2c(NCc3ccc(Cl)c(Cl)c3)cc(C)nc12. The van der Waals surface area contributed by atoms with Crippen LogP contribution in [0.1, 0.15) is 11.3 Å². The van der Waals surface area contributed by atoms with E-state index in [4.69, 9.17) is 32.7 Å². The Labute approximate surface area is 163 Å². The zero-order valence-corrected chi connectivity index (χ0v) is 16.2. The van der Waals surface area contributed by atoms with Crippen molar-refractivity contribution in [3.8, 4) is 5.75 Å². The van der Waals surface area contributed by atoms with Crippen LogP contribution < -0.4 is 10.1 Å². The molecule has 0 bridgehead atoms. The van der Waals surface area contributed by atoms with Gasteiger partial charge in [0.05, 0.1) is 16.7 Å². The molecule has 2 aromatic carbocycles. The molecule has 1 heterocycles. The lowest BCUT2D eigenvalue weighted by Crippen LogP contribution is -2.06. The number of benzene rings is 2. The molecule has 0 aliphatic rings. The average molecular weight is 391 g/mol. The van der Waals surface area contributed by atoms with E-state index in [2.05, 4.69) is 10.3 Å². The van der Waals surface area contributed by atoms with E-state index in [0.29, 0.717) is 29.8 Å². The first-order valence-corrected chi connectivity index (χ1v) is 9.04. The summed E-state index contributed by atoms with van der Waals surface area (Å²) in [6.45, 7) is 3.61. The van der Waals surface area contributed by atoms with Crippen molar-refractivity contribution in [2.45, 2.75) is 13.5 Å². The molecule has 4 nitrogen and oxygen atoms in total. The highest BCUT2D eigenvalue weighted by atomic mass is 35.5. The molecule has 0 saturated heterocycles. The van der Waals surface area contributed by atoms with E-state index in [9.17, 15) is 0 Å². The number of ether oxygens (including phenoxy) is 2. The highest BCUT2D eigenvalue weighted by Crippen LogP contribution is 2.31. The fourth-order valence-corrected chi connectivity index (χ4v) is 3.02. The lowest BCUT2D eigenvalue weighted by molar-refractivity contribution is 0.147. The molecule has 0 aliphatic heterocycles. The molecule has 1 aromatic heterocycles. The maximum absolute atomic E-state index is 6.10. The second-order valence-corrected chi connectivity index (χ2v) is 6.72. The van der Waals surface area contributed by atoms with Gasteiger partial charge in [0.2, 0.25) is 0 Å². The second-order valence-electron chi connectivity index (χ2n) is 5.91. The van der Waals surface area contributed by atoms with Gasteiger partial charge in [-0.25, -0.2) is 4.98 Å². The van der Waals surface area contributed by atoms with Crippen molar-refractivity contribution in [3.05, 3.63) is 63.8 Å². The Hall–Kier alpha value is -2.01. The molecule has 0 atom stereocenters. The smallest absolute Gasteiger partial charge is 0.145 e. The summed E-state index contributed by atoms with van der Waals surface area (Å²) in [4.78, 5) is 4.65. The molecule has 0 saturated carbocycles. The van der Waals surface area contributed by atoms with E-state index in [1.54, 1.807) is 13.2 Å². The van der Waals surface area contributed by atoms with E-state index in [-0.39, 0.29) is 0 Å². The summed E-state index contributed by atoms with van der Waals surface area (Å²) in [5, 5.41) is 5.57. The first kappa shape index (κ1) is 18.8. The number of aromatic nitrogens is 1. The lowest BCUT2D eigenvalue weighted by Gasteiger charge is -2.14. The van der Waals surface area contributed by atoms with E-state index in [1.165, 1.54) is 0 Å². The van der Waals surface area contributed by atoms with E-state index < -0.39 is 0 Å². The van der Waals surface area contributed by atoms with Crippen molar-refractivity contribution in [2.75, 3.05) is 25.6 Å². The molecule has 0 fully saturated rings. The highest BCUT2D eigenvalue weighted by molar-refractivity contribution is 6.42. The number of halogens is 2. The summed E-state index contributed by atoms with van der Waals surface area (Å²) in [7, 11) is 1.65. The Balaban J connectivity index is 1.87. The molecule has 0 radical (unpaired) electrons. The molecule has 0 aliphatic carbocycles. The number of methoxy groups -OCH3 is 1. The number of nitrogens with one attached hydrogen (secondary N) is 1. The van der Waals surface area contributed by atoms with Gasteiger partial charge in [-0.3, -0.25) is 0 Å². The quantitative estimate of drug-likeness (QED) is 0.541. The number of anilines is 1. The molecule has 1 N–H and O–H groups in total. The van der Waals surface area contributed by atoms with E-state index in [1.807, 2.05) is 43.3 Å². The minimum Gasteiger partial charge on any atom is -0.489 e. The molecule has 0 amide bonds. The summed E-state index contributed by atoms with van der Waals surface area (Å²) in [5.41, 5.74) is 3.79. The molecule has 3 rings (SSSR count). The van der Waals surface area contributed by atoms with Crippen molar-refractivity contribution < 1.29 is 9.47 Å². The van der Waals surface area contributed by atoms with Crippen molar-refractivity contribution in [3.63, 3.8) is 0 Å².